The lowest BCUT2D eigenvalue weighted by molar-refractivity contribution is 0.0983. The number of thioether (sulfide) groups is 1. The third-order valence-corrected chi connectivity index (χ3v) is 6.68. The fourth-order valence-corrected chi connectivity index (χ4v) is 5.34. The molecule has 3 aromatic rings. The van der Waals surface area contributed by atoms with Gasteiger partial charge in [0, 0.05) is 11.4 Å². The third-order valence-electron chi connectivity index (χ3n) is 4.70. The molecule has 0 aliphatic carbocycles. The first-order valence-electron chi connectivity index (χ1n) is 9.97. The lowest BCUT2D eigenvalue weighted by Crippen LogP contribution is -2.33. The number of nitrogens with zero attached hydrogens (tertiary/aromatic N) is 3. The fraction of sp³-hybridized carbons (Fsp3) is 0.391. The second-order valence-electron chi connectivity index (χ2n) is 7.47. The molecule has 3 rings (SSSR count). The average Bonchev–Trinajstić information content (AvgIpc) is 3.09. The molecule has 0 unspecified atom stereocenters. The second-order valence-corrected chi connectivity index (χ2v) is 9.78. The lowest BCUT2D eigenvalue weighted by atomic mass is 10.1. The van der Waals surface area contributed by atoms with Crippen molar-refractivity contribution in [3.63, 3.8) is 0 Å². The van der Waals surface area contributed by atoms with E-state index in [1.807, 2.05) is 29.2 Å². The van der Waals surface area contributed by atoms with Crippen LogP contribution in [0.25, 0.3) is 10.2 Å². The van der Waals surface area contributed by atoms with Crippen molar-refractivity contribution in [2.24, 2.45) is 0 Å². The molecule has 154 valence electrons. The van der Waals surface area contributed by atoms with Gasteiger partial charge in [-0.1, -0.05) is 36.5 Å². The van der Waals surface area contributed by atoms with Crippen LogP contribution in [0.5, 0.6) is 0 Å². The van der Waals surface area contributed by atoms with Gasteiger partial charge in [0.1, 0.15) is 0 Å². The Labute approximate surface area is 181 Å². The highest BCUT2D eigenvalue weighted by Gasteiger charge is 2.23. The maximum absolute atomic E-state index is 13.6. The van der Waals surface area contributed by atoms with Crippen LogP contribution in [0.1, 0.15) is 34.8 Å². The van der Waals surface area contributed by atoms with E-state index in [1.165, 1.54) is 5.56 Å². The summed E-state index contributed by atoms with van der Waals surface area (Å²) in [5, 5.41) is 0.786. The molecule has 6 heteroatoms. The molecule has 2 aromatic carbocycles. The van der Waals surface area contributed by atoms with Gasteiger partial charge in [-0.15, -0.1) is 11.8 Å². The minimum atomic E-state index is 0.0359. The summed E-state index contributed by atoms with van der Waals surface area (Å²) in [6, 6.07) is 12.2. The van der Waals surface area contributed by atoms with Crippen LogP contribution in [0.2, 0.25) is 0 Å². The molecular weight excluding hydrogens is 398 g/mol. The highest BCUT2D eigenvalue weighted by atomic mass is 32.2. The topological polar surface area (TPSA) is 36.4 Å². The van der Waals surface area contributed by atoms with Crippen LogP contribution in [0.4, 0.5) is 5.13 Å². The van der Waals surface area contributed by atoms with E-state index in [2.05, 4.69) is 51.9 Å². The molecule has 1 heterocycles. The standard InChI is InChI=1S/C23H29N3OS2/c1-6-28-19-11-8-7-10-18(19)22(27)26(13-9-12-25(4)5)23-24-21-17(3)14-16(2)15-20(21)29-23/h7-8,10-11,14-15H,6,9,12-13H2,1-5H3. The van der Waals surface area contributed by atoms with Crippen molar-refractivity contribution in [2.75, 3.05) is 37.8 Å². The van der Waals surface area contributed by atoms with E-state index in [0.29, 0.717) is 6.54 Å². The summed E-state index contributed by atoms with van der Waals surface area (Å²) < 4.78 is 1.14. The number of aromatic nitrogens is 1. The summed E-state index contributed by atoms with van der Waals surface area (Å²) in [5.41, 5.74) is 4.14. The summed E-state index contributed by atoms with van der Waals surface area (Å²) >= 11 is 3.32. The number of aryl methyl sites for hydroxylation is 2. The summed E-state index contributed by atoms with van der Waals surface area (Å²) in [5.74, 6) is 0.971. The molecular formula is C23H29N3OS2. The smallest absolute Gasteiger partial charge is 0.261 e. The zero-order valence-electron chi connectivity index (χ0n) is 17.9. The van der Waals surface area contributed by atoms with Crippen molar-refractivity contribution in [3.8, 4) is 0 Å². The zero-order chi connectivity index (χ0) is 21.0. The van der Waals surface area contributed by atoms with Crippen LogP contribution >= 0.6 is 23.1 Å². The van der Waals surface area contributed by atoms with Crippen LogP contribution < -0.4 is 4.90 Å². The number of carbonyl (C=O) groups excluding carboxylic acids is 1. The quantitative estimate of drug-likeness (QED) is 0.437. The highest BCUT2D eigenvalue weighted by molar-refractivity contribution is 7.99. The number of amides is 1. The van der Waals surface area contributed by atoms with Gasteiger partial charge in [-0.3, -0.25) is 9.69 Å². The van der Waals surface area contributed by atoms with Gasteiger partial charge in [0.25, 0.3) is 5.91 Å². The summed E-state index contributed by atoms with van der Waals surface area (Å²) in [6.07, 6.45) is 0.899. The number of benzene rings is 2. The first-order chi connectivity index (χ1) is 13.9. The summed E-state index contributed by atoms with van der Waals surface area (Å²) in [6.45, 7) is 7.88. The first-order valence-corrected chi connectivity index (χ1v) is 11.8. The fourth-order valence-electron chi connectivity index (χ4n) is 3.37. The molecule has 0 atom stereocenters. The molecule has 4 nitrogen and oxygen atoms in total. The van der Waals surface area contributed by atoms with E-state index >= 15 is 0 Å². The van der Waals surface area contributed by atoms with Gasteiger partial charge in [-0.05, 0) is 76.0 Å². The molecule has 0 aliphatic rings. The highest BCUT2D eigenvalue weighted by Crippen LogP contribution is 2.33. The van der Waals surface area contributed by atoms with E-state index in [4.69, 9.17) is 4.98 Å². The first kappa shape index (κ1) is 21.8. The van der Waals surface area contributed by atoms with E-state index in [9.17, 15) is 4.79 Å². The number of hydrogen-bond donors (Lipinski definition) is 0. The van der Waals surface area contributed by atoms with E-state index in [0.717, 1.165) is 50.1 Å². The normalized spacial score (nSPS) is 11.4. The van der Waals surface area contributed by atoms with Crippen molar-refractivity contribution in [1.82, 2.24) is 9.88 Å². The van der Waals surface area contributed by atoms with Crippen LogP contribution in [0, 0.1) is 13.8 Å². The lowest BCUT2D eigenvalue weighted by Gasteiger charge is -2.22. The zero-order valence-corrected chi connectivity index (χ0v) is 19.5. The molecule has 29 heavy (non-hydrogen) atoms. The maximum atomic E-state index is 13.6. The maximum Gasteiger partial charge on any atom is 0.261 e. The third kappa shape index (κ3) is 5.18. The Bertz CT molecular complexity index is 997. The SMILES string of the molecule is CCSc1ccccc1C(=O)N(CCCN(C)C)c1nc2c(C)cc(C)cc2s1. The van der Waals surface area contributed by atoms with Gasteiger partial charge in [-0.2, -0.15) is 0 Å². The minimum Gasteiger partial charge on any atom is -0.309 e. The van der Waals surface area contributed by atoms with E-state index < -0.39 is 0 Å². The minimum absolute atomic E-state index is 0.0359. The van der Waals surface area contributed by atoms with Crippen molar-refractivity contribution < 1.29 is 4.79 Å². The predicted octanol–water partition coefficient (Wildman–Crippen LogP) is 5.62. The molecule has 1 amide bonds. The predicted molar refractivity (Wildman–Crippen MR) is 127 cm³/mol. The number of carbonyl (C=O) groups is 1. The van der Waals surface area contributed by atoms with Gasteiger partial charge in [0.05, 0.1) is 15.8 Å². The van der Waals surface area contributed by atoms with Crippen LogP contribution in [-0.2, 0) is 0 Å². The summed E-state index contributed by atoms with van der Waals surface area (Å²) in [4.78, 5) is 23.5. The number of hydrogen-bond acceptors (Lipinski definition) is 5. The number of rotatable bonds is 8. The van der Waals surface area contributed by atoms with Gasteiger partial charge in [0.15, 0.2) is 5.13 Å². The van der Waals surface area contributed by atoms with Crippen molar-refractivity contribution >= 4 is 44.4 Å². The van der Waals surface area contributed by atoms with Gasteiger partial charge >= 0.3 is 0 Å². The number of anilines is 1. The van der Waals surface area contributed by atoms with Crippen LogP contribution in [0.3, 0.4) is 0 Å². The Morgan fingerprint density at radius 3 is 2.62 bits per heavy atom. The Kier molecular flexibility index (Phi) is 7.33. The van der Waals surface area contributed by atoms with Gasteiger partial charge in [0.2, 0.25) is 0 Å². The Hall–Kier alpha value is -1.89. The van der Waals surface area contributed by atoms with Crippen molar-refractivity contribution in [3.05, 3.63) is 53.1 Å². The molecule has 0 N–H and O–H groups in total. The Balaban J connectivity index is 2.01. The number of thiazole rings is 1. The Morgan fingerprint density at radius 1 is 1.14 bits per heavy atom. The summed E-state index contributed by atoms with van der Waals surface area (Å²) in [7, 11) is 4.12. The molecule has 0 bridgehead atoms. The molecule has 0 aliphatic heterocycles. The van der Waals surface area contributed by atoms with Crippen LogP contribution in [-0.4, -0.2) is 48.7 Å². The van der Waals surface area contributed by atoms with Crippen molar-refractivity contribution in [1.29, 1.82) is 0 Å². The van der Waals surface area contributed by atoms with Gasteiger partial charge in [-0.25, -0.2) is 4.98 Å². The Morgan fingerprint density at radius 2 is 1.90 bits per heavy atom. The van der Waals surface area contributed by atoms with E-state index in [1.54, 1.807) is 23.1 Å². The van der Waals surface area contributed by atoms with Crippen molar-refractivity contribution in [2.45, 2.75) is 32.1 Å². The molecule has 0 saturated heterocycles. The van der Waals surface area contributed by atoms with E-state index in [-0.39, 0.29) is 5.91 Å². The number of fused-ring (bicyclic) bond motifs is 1. The second kappa shape index (κ2) is 9.74. The molecule has 0 radical (unpaired) electrons. The largest absolute Gasteiger partial charge is 0.309 e. The van der Waals surface area contributed by atoms with Gasteiger partial charge < -0.3 is 4.90 Å². The average molecular weight is 428 g/mol. The monoisotopic (exact) mass is 427 g/mol. The molecule has 0 spiro atoms. The molecule has 1 aromatic heterocycles. The molecule has 0 saturated carbocycles. The van der Waals surface area contributed by atoms with Crippen LogP contribution in [0.15, 0.2) is 41.3 Å². The molecule has 0 fully saturated rings.